The minimum Gasteiger partial charge on any atom is -0.481 e. The first-order chi connectivity index (χ1) is 11.0. The van der Waals surface area contributed by atoms with Gasteiger partial charge in [0.1, 0.15) is 0 Å². The van der Waals surface area contributed by atoms with E-state index >= 15 is 0 Å². The molecule has 1 atom stereocenters. The molecule has 0 fully saturated rings. The van der Waals surface area contributed by atoms with Gasteiger partial charge in [-0.15, -0.1) is 0 Å². The normalized spacial score (nSPS) is 12.3. The van der Waals surface area contributed by atoms with Crippen LogP contribution in [0.2, 0.25) is 0 Å². The van der Waals surface area contributed by atoms with Gasteiger partial charge in [0.2, 0.25) is 0 Å². The molecule has 0 aliphatic heterocycles. The summed E-state index contributed by atoms with van der Waals surface area (Å²) >= 11 is 0. The Labute approximate surface area is 133 Å². The summed E-state index contributed by atoms with van der Waals surface area (Å²) < 4.78 is 0. The first kappa shape index (κ1) is 15.0. The highest BCUT2D eigenvalue weighted by Crippen LogP contribution is 2.30. The number of aryl methyl sites for hydroxylation is 1. The summed E-state index contributed by atoms with van der Waals surface area (Å²) in [6.45, 7) is 3.63. The van der Waals surface area contributed by atoms with Gasteiger partial charge in [0.25, 0.3) is 5.56 Å². The first-order valence-electron chi connectivity index (χ1n) is 7.43. The number of aromatic nitrogens is 1. The molecule has 4 nitrogen and oxygen atoms in total. The van der Waals surface area contributed by atoms with Gasteiger partial charge in [0, 0.05) is 17.1 Å². The molecule has 0 aliphatic carbocycles. The second-order valence-corrected chi connectivity index (χ2v) is 5.71. The minimum atomic E-state index is -0.907. The molecule has 1 heterocycles. The van der Waals surface area contributed by atoms with Gasteiger partial charge in [-0.25, -0.2) is 0 Å². The Balaban J connectivity index is 2.28. The number of carboxylic acid groups (broad SMARTS) is 1. The average Bonchev–Trinajstić information content (AvgIpc) is 2.55. The van der Waals surface area contributed by atoms with E-state index < -0.39 is 11.9 Å². The van der Waals surface area contributed by atoms with E-state index in [2.05, 4.69) is 4.98 Å². The minimum absolute atomic E-state index is 0.211. The van der Waals surface area contributed by atoms with Crippen molar-refractivity contribution in [1.82, 2.24) is 4.98 Å². The van der Waals surface area contributed by atoms with Gasteiger partial charge < -0.3 is 10.1 Å². The largest absolute Gasteiger partial charge is 0.481 e. The maximum absolute atomic E-state index is 12.2. The fraction of sp³-hybridized carbons (Fsp3) is 0.158. The van der Waals surface area contributed by atoms with Crippen molar-refractivity contribution in [3.8, 4) is 11.1 Å². The van der Waals surface area contributed by atoms with Gasteiger partial charge in [0.05, 0.1) is 5.92 Å². The van der Waals surface area contributed by atoms with Gasteiger partial charge in [-0.3, -0.25) is 9.59 Å². The predicted octanol–water partition coefficient (Wildman–Crippen LogP) is 3.69. The maximum Gasteiger partial charge on any atom is 0.310 e. The molecule has 2 aromatic carbocycles. The smallest absolute Gasteiger partial charge is 0.310 e. The molecule has 3 aromatic rings. The Morgan fingerprint density at radius 1 is 1.09 bits per heavy atom. The van der Waals surface area contributed by atoms with Crippen LogP contribution in [0.15, 0.2) is 53.5 Å². The lowest BCUT2D eigenvalue weighted by atomic mass is 9.94. The number of carbonyl (C=O) groups is 1. The highest BCUT2D eigenvalue weighted by molar-refractivity contribution is 5.97. The van der Waals surface area contributed by atoms with Crippen molar-refractivity contribution in [3.63, 3.8) is 0 Å². The SMILES string of the molecule is Cc1ccccc1-c1c[nH]c(=O)c2cc(C(C)C(=O)O)ccc12. The number of hydrogen-bond acceptors (Lipinski definition) is 2. The second kappa shape index (κ2) is 5.72. The van der Waals surface area contributed by atoms with Gasteiger partial charge in [-0.05, 0) is 42.0 Å². The lowest BCUT2D eigenvalue weighted by molar-refractivity contribution is -0.138. The Kier molecular flexibility index (Phi) is 3.74. The number of rotatable bonds is 3. The van der Waals surface area contributed by atoms with Crippen LogP contribution in [0, 0.1) is 6.92 Å². The molecule has 0 amide bonds. The molecular formula is C19H17NO3. The summed E-state index contributed by atoms with van der Waals surface area (Å²) in [5, 5.41) is 10.5. The number of pyridine rings is 1. The van der Waals surface area contributed by atoms with E-state index in [0.29, 0.717) is 10.9 Å². The summed E-state index contributed by atoms with van der Waals surface area (Å²) in [7, 11) is 0. The summed E-state index contributed by atoms with van der Waals surface area (Å²) in [6, 6.07) is 13.3. The molecule has 0 bridgehead atoms. The standard InChI is InChI=1S/C19H17NO3/c1-11-5-3-4-6-14(11)17-10-20-18(21)16-9-13(7-8-15(16)17)12(2)19(22)23/h3-10,12H,1-2H3,(H,20,21)(H,22,23). The molecule has 1 aromatic heterocycles. The Hall–Kier alpha value is -2.88. The number of benzene rings is 2. The van der Waals surface area contributed by atoms with Gasteiger partial charge in [-0.2, -0.15) is 0 Å². The Morgan fingerprint density at radius 2 is 1.83 bits per heavy atom. The van der Waals surface area contributed by atoms with Crippen molar-refractivity contribution in [3.05, 3.63) is 70.1 Å². The topological polar surface area (TPSA) is 70.2 Å². The molecule has 3 rings (SSSR count). The van der Waals surface area contributed by atoms with E-state index in [0.717, 1.165) is 22.1 Å². The van der Waals surface area contributed by atoms with Crippen molar-refractivity contribution in [2.45, 2.75) is 19.8 Å². The highest BCUT2D eigenvalue weighted by atomic mass is 16.4. The molecule has 0 saturated heterocycles. The van der Waals surface area contributed by atoms with Crippen molar-refractivity contribution in [2.24, 2.45) is 0 Å². The number of carboxylic acids is 1. The lowest BCUT2D eigenvalue weighted by Crippen LogP contribution is -2.10. The van der Waals surface area contributed by atoms with Crippen molar-refractivity contribution in [2.75, 3.05) is 0 Å². The third-order valence-corrected chi connectivity index (χ3v) is 4.23. The third kappa shape index (κ3) is 2.63. The quantitative estimate of drug-likeness (QED) is 0.775. The zero-order valence-corrected chi connectivity index (χ0v) is 13.0. The molecule has 23 heavy (non-hydrogen) atoms. The molecule has 0 aliphatic rings. The molecule has 0 saturated carbocycles. The number of aromatic amines is 1. The zero-order valence-electron chi connectivity index (χ0n) is 13.0. The predicted molar refractivity (Wildman–Crippen MR) is 90.8 cm³/mol. The molecule has 0 spiro atoms. The van der Waals surface area contributed by atoms with Crippen LogP contribution in [0.25, 0.3) is 21.9 Å². The molecule has 1 unspecified atom stereocenters. The van der Waals surface area contributed by atoms with Crippen LogP contribution in [0.3, 0.4) is 0 Å². The van der Waals surface area contributed by atoms with Crippen molar-refractivity contribution >= 4 is 16.7 Å². The number of H-pyrrole nitrogens is 1. The maximum atomic E-state index is 12.2. The molecule has 116 valence electrons. The lowest BCUT2D eigenvalue weighted by Gasteiger charge is -2.12. The monoisotopic (exact) mass is 307 g/mol. The van der Waals surface area contributed by atoms with Crippen LogP contribution in [0.4, 0.5) is 0 Å². The van der Waals surface area contributed by atoms with E-state index in [1.807, 2.05) is 37.3 Å². The van der Waals surface area contributed by atoms with Crippen LogP contribution in [-0.2, 0) is 4.79 Å². The summed E-state index contributed by atoms with van der Waals surface area (Å²) in [5.74, 6) is -1.56. The fourth-order valence-corrected chi connectivity index (χ4v) is 2.79. The summed E-state index contributed by atoms with van der Waals surface area (Å²) in [6.07, 6.45) is 1.72. The van der Waals surface area contributed by atoms with E-state index in [9.17, 15) is 9.59 Å². The Bertz CT molecular complexity index is 956. The average molecular weight is 307 g/mol. The van der Waals surface area contributed by atoms with Gasteiger partial charge >= 0.3 is 5.97 Å². The molecular weight excluding hydrogens is 290 g/mol. The Morgan fingerprint density at radius 3 is 2.52 bits per heavy atom. The van der Waals surface area contributed by atoms with Crippen molar-refractivity contribution < 1.29 is 9.90 Å². The number of nitrogens with one attached hydrogen (secondary N) is 1. The second-order valence-electron chi connectivity index (χ2n) is 5.71. The van der Waals surface area contributed by atoms with E-state index in [1.54, 1.807) is 25.3 Å². The van der Waals surface area contributed by atoms with E-state index in [-0.39, 0.29) is 5.56 Å². The number of hydrogen-bond donors (Lipinski definition) is 2. The fourth-order valence-electron chi connectivity index (χ4n) is 2.79. The van der Waals surface area contributed by atoms with Crippen LogP contribution in [-0.4, -0.2) is 16.1 Å². The van der Waals surface area contributed by atoms with Crippen molar-refractivity contribution in [1.29, 1.82) is 0 Å². The molecule has 0 radical (unpaired) electrons. The van der Waals surface area contributed by atoms with Gasteiger partial charge in [-0.1, -0.05) is 36.4 Å². The van der Waals surface area contributed by atoms with Crippen LogP contribution < -0.4 is 5.56 Å². The highest BCUT2D eigenvalue weighted by Gasteiger charge is 2.16. The van der Waals surface area contributed by atoms with Crippen LogP contribution >= 0.6 is 0 Å². The summed E-state index contributed by atoms with van der Waals surface area (Å²) in [4.78, 5) is 26.1. The third-order valence-electron chi connectivity index (χ3n) is 4.23. The van der Waals surface area contributed by atoms with Crippen LogP contribution in [0.5, 0.6) is 0 Å². The van der Waals surface area contributed by atoms with Gasteiger partial charge in [0.15, 0.2) is 0 Å². The summed E-state index contributed by atoms with van der Waals surface area (Å²) in [5.41, 5.74) is 3.51. The zero-order chi connectivity index (χ0) is 16.6. The molecule has 2 N–H and O–H groups in total. The first-order valence-corrected chi connectivity index (χ1v) is 7.43. The van der Waals surface area contributed by atoms with E-state index in [1.165, 1.54) is 0 Å². The van der Waals surface area contributed by atoms with Crippen LogP contribution in [0.1, 0.15) is 24.0 Å². The van der Waals surface area contributed by atoms with E-state index in [4.69, 9.17) is 5.11 Å². The molecule has 4 heteroatoms. The number of fused-ring (bicyclic) bond motifs is 1. The number of aliphatic carboxylic acids is 1.